The lowest BCUT2D eigenvalue weighted by Crippen LogP contribution is -2.60. The van der Waals surface area contributed by atoms with Gasteiger partial charge >= 0.3 is 0 Å². The summed E-state index contributed by atoms with van der Waals surface area (Å²) in [4.78, 5) is 13.6. The first-order valence-corrected chi connectivity index (χ1v) is 8.10. The van der Waals surface area contributed by atoms with Gasteiger partial charge in [-0.15, -0.1) is 0 Å². The van der Waals surface area contributed by atoms with E-state index in [4.69, 9.17) is 6.11 Å². The highest BCUT2D eigenvalue weighted by molar-refractivity contribution is 5.52. The molecule has 0 aromatic heterocycles. The van der Waals surface area contributed by atoms with E-state index < -0.39 is 6.39 Å². The SMILES string of the molecule is [2H]C(=O)N1CC[C@@]23CCCC[C@@H]2C1Cc1ccc(OC)cc13. The summed E-state index contributed by atoms with van der Waals surface area (Å²) in [7, 11) is 1.73. The number of likely N-dealkylation sites (tertiary alicyclic amines) is 1. The van der Waals surface area contributed by atoms with Crippen LogP contribution in [0.5, 0.6) is 5.75 Å². The zero-order chi connectivity index (χ0) is 15.3. The van der Waals surface area contributed by atoms with Crippen LogP contribution in [0.25, 0.3) is 0 Å². The molecule has 1 aromatic carbocycles. The zero-order valence-electron chi connectivity index (χ0n) is 13.6. The molecule has 112 valence electrons. The Balaban J connectivity index is 1.85. The van der Waals surface area contributed by atoms with Crippen LogP contribution in [-0.2, 0) is 16.6 Å². The fourth-order valence-electron chi connectivity index (χ4n) is 5.22. The van der Waals surface area contributed by atoms with Gasteiger partial charge in [0.05, 0.1) is 7.11 Å². The van der Waals surface area contributed by atoms with E-state index in [2.05, 4.69) is 12.1 Å². The molecule has 3 aliphatic rings. The Hall–Kier alpha value is -1.51. The van der Waals surface area contributed by atoms with Crippen LogP contribution in [0.3, 0.4) is 0 Å². The van der Waals surface area contributed by atoms with E-state index in [-0.39, 0.29) is 11.5 Å². The molecular formula is C18H23NO2. The van der Waals surface area contributed by atoms with Gasteiger partial charge in [-0.1, -0.05) is 18.9 Å². The third kappa shape index (κ3) is 1.76. The molecule has 3 heteroatoms. The van der Waals surface area contributed by atoms with Gasteiger partial charge in [-0.25, -0.2) is 0 Å². The fourth-order valence-corrected chi connectivity index (χ4v) is 5.22. The Labute approximate surface area is 127 Å². The van der Waals surface area contributed by atoms with Crippen molar-refractivity contribution >= 4 is 6.39 Å². The van der Waals surface area contributed by atoms with Crippen LogP contribution < -0.4 is 4.74 Å². The van der Waals surface area contributed by atoms with Crippen molar-refractivity contribution in [3.63, 3.8) is 0 Å². The van der Waals surface area contributed by atoms with E-state index in [0.29, 0.717) is 5.92 Å². The average Bonchev–Trinajstić information content (AvgIpc) is 2.54. The number of benzene rings is 1. The molecule has 3 atom stereocenters. The number of rotatable bonds is 1. The van der Waals surface area contributed by atoms with E-state index in [1.807, 2.05) is 11.0 Å². The van der Waals surface area contributed by atoms with Crippen LogP contribution in [0.15, 0.2) is 18.2 Å². The minimum absolute atomic E-state index is 0.205. The van der Waals surface area contributed by atoms with Crippen molar-refractivity contribution in [2.24, 2.45) is 5.92 Å². The fraction of sp³-hybridized carbons (Fsp3) is 0.611. The molecule has 1 amide bonds. The third-order valence-corrected chi connectivity index (χ3v) is 6.16. The molecule has 2 bridgehead atoms. The normalized spacial score (nSPS) is 34.5. The van der Waals surface area contributed by atoms with Crippen molar-refractivity contribution in [3.05, 3.63) is 29.3 Å². The van der Waals surface area contributed by atoms with E-state index in [9.17, 15) is 4.79 Å². The molecule has 4 rings (SSSR count). The minimum atomic E-state index is -0.499. The van der Waals surface area contributed by atoms with Crippen molar-refractivity contribution < 1.29 is 10.9 Å². The first kappa shape index (κ1) is 12.1. The van der Waals surface area contributed by atoms with Gasteiger partial charge in [0.25, 0.3) is 0 Å². The summed E-state index contributed by atoms with van der Waals surface area (Å²) < 4.78 is 13.1. The highest BCUT2D eigenvalue weighted by Gasteiger charge is 2.53. The standard InChI is InChI=1S/C18H23NO2/c1-21-14-6-5-13-10-17-15-4-2-3-7-18(15,16(13)11-14)8-9-19(17)12-20/h5-6,11-12,15,17H,2-4,7-10H2,1H3/t15-,17?,18+/m1/s1/i12D. The molecule has 1 saturated carbocycles. The molecule has 2 aliphatic carbocycles. The van der Waals surface area contributed by atoms with Crippen molar-refractivity contribution in [2.45, 2.75) is 50.0 Å². The summed E-state index contributed by atoms with van der Waals surface area (Å²) in [6.07, 6.45) is 6.33. The Bertz CT molecular complexity index is 617. The van der Waals surface area contributed by atoms with Gasteiger partial charge in [-0.3, -0.25) is 4.79 Å². The van der Waals surface area contributed by atoms with Gasteiger partial charge in [-0.05, 0) is 54.9 Å². The number of methoxy groups -OCH3 is 1. The van der Waals surface area contributed by atoms with Crippen LogP contribution in [0.2, 0.25) is 0 Å². The van der Waals surface area contributed by atoms with Crippen LogP contribution >= 0.6 is 0 Å². The Morgan fingerprint density at radius 1 is 1.43 bits per heavy atom. The van der Waals surface area contributed by atoms with Crippen LogP contribution in [0, 0.1) is 5.92 Å². The highest BCUT2D eigenvalue weighted by Crippen LogP contribution is 2.55. The maximum absolute atomic E-state index is 11.8. The smallest absolute Gasteiger partial charge is 0.209 e. The average molecular weight is 286 g/mol. The number of fused-ring (bicyclic) bond motifs is 1. The van der Waals surface area contributed by atoms with Gasteiger partial charge in [0.2, 0.25) is 6.39 Å². The summed E-state index contributed by atoms with van der Waals surface area (Å²) >= 11 is 0. The predicted octanol–water partition coefficient (Wildman–Crippen LogP) is 2.91. The van der Waals surface area contributed by atoms with E-state index in [0.717, 1.165) is 25.1 Å². The van der Waals surface area contributed by atoms with E-state index >= 15 is 0 Å². The topological polar surface area (TPSA) is 29.5 Å². The number of carbonyl (C=O) groups excluding carboxylic acids is 1. The third-order valence-electron chi connectivity index (χ3n) is 6.16. The lowest BCUT2D eigenvalue weighted by molar-refractivity contribution is -0.126. The largest absolute Gasteiger partial charge is 0.497 e. The van der Waals surface area contributed by atoms with Gasteiger partial charge in [0.15, 0.2) is 0 Å². The first-order chi connectivity index (χ1) is 10.7. The summed E-state index contributed by atoms with van der Waals surface area (Å²) in [6.45, 7) is 0.736. The quantitative estimate of drug-likeness (QED) is 0.743. The number of carbonyl (C=O) groups is 1. The molecule has 1 aliphatic heterocycles. The van der Waals surface area contributed by atoms with Gasteiger partial charge < -0.3 is 9.64 Å². The lowest BCUT2D eigenvalue weighted by Gasteiger charge is -2.58. The van der Waals surface area contributed by atoms with Crippen LogP contribution in [0.4, 0.5) is 0 Å². The van der Waals surface area contributed by atoms with Gasteiger partial charge in [-0.2, -0.15) is 0 Å². The Morgan fingerprint density at radius 3 is 3.14 bits per heavy atom. The highest BCUT2D eigenvalue weighted by atomic mass is 16.5. The zero-order valence-corrected chi connectivity index (χ0v) is 12.6. The van der Waals surface area contributed by atoms with Crippen molar-refractivity contribution in [3.8, 4) is 5.75 Å². The minimum Gasteiger partial charge on any atom is -0.497 e. The predicted molar refractivity (Wildman–Crippen MR) is 81.5 cm³/mol. The monoisotopic (exact) mass is 286 g/mol. The van der Waals surface area contributed by atoms with Crippen molar-refractivity contribution in [1.82, 2.24) is 4.90 Å². The molecule has 3 nitrogen and oxygen atoms in total. The maximum Gasteiger partial charge on any atom is 0.209 e. The second kappa shape index (κ2) is 4.75. The molecule has 1 saturated heterocycles. The van der Waals surface area contributed by atoms with Crippen molar-refractivity contribution in [2.75, 3.05) is 13.7 Å². The molecular weight excluding hydrogens is 262 g/mol. The molecule has 0 radical (unpaired) electrons. The molecule has 0 N–H and O–H groups in total. The van der Waals surface area contributed by atoms with Crippen LogP contribution in [0.1, 0.15) is 44.6 Å². The Kier molecular flexibility index (Phi) is 2.73. The number of hydrogen-bond acceptors (Lipinski definition) is 2. The lowest BCUT2D eigenvalue weighted by atomic mass is 9.52. The number of hydrogen-bond donors (Lipinski definition) is 0. The number of amides is 1. The second-order valence-corrected chi connectivity index (χ2v) is 6.84. The molecule has 1 aromatic rings. The second-order valence-electron chi connectivity index (χ2n) is 6.84. The summed E-state index contributed by atoms with van der Waals surface area (Å²) in [5.41, 5.74) is 3.02. The summed E-state index contributed by atoms with van der Waals surface area (Å²) in [6, 6.07) is 6.66. The van der Waals surface area contributed by atoms with Crippen LogP contribution in [-0.4, -0.2) is 31.0 Å². The molecule has 2 fully saturated rings. The maximum atomic E-state index is 11.8. The van der Waals surface area contributed by atoms with E-state index in [1.165, 1.54) is 36.8 Å². The summed E-state index contributed by atoms with van der Waals surface area (Å²) in [5.74, 6) is 1.46. The van der Waals surface area contributed by atoms with E-state index in [1.54, 1.807) is 7.11 Å². The molecule has 21 heavy (non-hydrogen) atoms. The molecule has 0 spiro atoms. The van der Waals surface area contributed by atoms with Gasteiger partial charge in [0.1, 0.15) is 7.12 Å². The Morgan fingerprint density at radius 2 is 2.33 bits per heavy atom. The number of piperidine rings is 1. The molecule has 1 heterocycles. The number of ether oxygens (including phenoxy) is 1. The van der Waals surface area contributed by atoms with Gasteiger partial charge in [0, 0.05) is 18.0 Å². The molecule has 1 unspecified atom stereocenters. The first-order valence-electron chi connectivity index (χ1n) is 8.60. The summed E-state index contributed by atoms with van der Waals surface area (Å²) in [5, 5.41) is 0. The van der Waals surface area contributed by atoms with Crippen molar-refractivity contribution in [1.29, 1.82) is 0 Å². The number of nitrogens with zero attached hydrogens (tertiary/aromatic N) is 1.